The monoisotopic (exact) mass is 305 g/mol. The molecule has 0 saturated heterocycles. The van der Waals surface area contributed by atoms with Crippen molar-refractivity contribution < 1.29 is 9.90 Å². The maximum Gasteiger partial charge on any atom is 0.261 e. The van der Waals surface area contributed by atoms with E-state index in [0.29, 0.717) is 4.88 Å². The number of aliphatic hydroxyl groups excluding tert-OH is 1. The maximum atomic E-state index is 12.1. The smallest absolute Gasteiger partial charge is 0.261 e. The third-order valence-electron chi connectivity index (χ3n) is 3.99. The molecule has 1 amide bonds. The molecule has 1 aliphatic carbocycles. The second kappa shape index (κ2) is 8.21. The van der Waals surface area contributed by atoms with E-state index in [1.54, 1.807) is 0 Å². The van der Waals surface area contributed by atoms with Gasteiger partial charge in [-0.1, -0.05) is 43.9 Å². The Morgan fingerprint density at radius 3 is 2.90 bits per heavy atom. The summed E-state index contributed by atoms with van der Waals surface area (Å²) >= 11 is 1.40. The molecule has 0 bridgehead atoms. The number of carbonyl (C=O) groups is 1. The van der Waals surface area contributed by atoms with Gasteiger partial charge in [0.2, 0.25) is 0 Å². The number of aliphatic hydroxyl groups is 1. The van der Waals surface area contributed by atoms with Gasteiger partial charge in [0.25, 0.3) is 5.91 Å². The van der Waals surface area contributed by atoms with Crippen LogP contribution in [0.4, 0.5) is 0 Å². The SMILES string of the molecule is Cc1cc(C(=O)NCCC2CCCCC2)sc1C#CCO. The molecule has 1 heterocycles. The minimum absolute atomic E-state index is 0.00374. The fourth-order valence-corrected chi connectivity index (χ4v) is 3.75. The highest BCUT2D eigenvalue weighted by Gasteiger charge is 2.15. The second-order valence-corrected chi connectivity index (χ2v) is 6.68. The minimum Gasteiger partial charge on any atom is -0.384 e. The fourth-order valence-electron chi connectivity index (χ4n) is 2.79. The highest BCUT2D eigenvalue weighted by atomic mass is 32.1. The van der Waals surface area contributed by atoms with Crippen molar-refractivity contribution in [2.45, 2.75) is 45.4 Å². The Kier molecular flexibility index (Phi) is 6.28. The molecular formula is C17H23NO2S. The van der Waals surface area contributed by atoms with E-state index in [2.05, 4.69) is 17.2 Å². The van der Waals surface area contributed by atoms with Gasteiger partial charge in [0.05, 0.1) is 9.75 Å². The van der Waals surface area contributed by atoms with E-state index in [-0.39, 0.29) is 12.5 Å². The third-order valence-corrected chi connectivity index (χ3v) is 5.14. The van der Waals surface area contributed by atoms with Crippen molar-refractivity contribution in [2.75, 3.05) is 13.2 Å². The molecule has 0 spiro atoms. The molecule has 4 heteroatoms. The van der Waals surface area contributed by atoms with E-state index in [1.807, 2.05) is 13.0 Å². The van der Waals surface area contributed by atoms with E-state index in [9.17, 15) is 4.79 Å². The van der Waals surface area contributed by atoms with E-state index >= 15 is 0 Å². The van der Waals surface area contributed by atoms with Crippen LogP contribution >= 0.6 is 11.3 Å². The fraction of sp³-hybridized carbons (Fsp3) is 0.588. The molecule has 2 N–H and O–H groups in total. The van der Waals surface area contributed by atoms with Crippen LogP contribution in [0.3, 0.4) is 0 Å². The van der Waals surface area contributed by atoms with E-state index in [0.717, 1.165) is 29.3 Å². The summed E-state index contributed by atoms with van der Waals surface area (Å²) in [6.45, 7) is 2.55. The maximum absolute atomic E-state index is 12.1. The molecule has 114 valence electrons. The summed E-state index contributed by atoms with van der Waals surface area (Å²) in [5.41, 5.74) is 0.999. The summed E-state index contributed by atoms with van der Waals surface area (Å²) in [5, 5.41) is 11.7. The van der Waals surface area contributed by atoms with Crippen molar-refractivity contribution in [3.63, 3.8) is 0 Å². The average molecular weight is 305 g/mol. The van der Waals surface area contributed by atoms with Crippen molar-refractivity contribution in [2.24, 2.45) is 5.92 Å². The van der Waals surface area contributed by atoms with Gasteiger partial charge in [-0.15, -0.1) is 11.3 Å². The lowest BCUT2D eigenvalue weighted by atomic mass is 9.87. The lowest BCUT2D eigenvalue weighted by Crippen LogP contribution is -2.25. The van der Waals surface area contributed by atoms with Crippen LogP contribution < -0.4 is 5.32 Å². The zero-order chi connectivity index (χ0) is 15.1. The Morgan fingerprint density at radius 1 is 1.43 bits per heavy atom. The highest BCUT2D eigenvalue weighted by Crippen LogP contribution is 2.26. The second-order valence-electron chi connectivity index (χ2n) is 5.63. The molecule has 0 unspecified atom stereocenters. The van der Waals surface area contributed by atoms with Gasteiger partial charge < -0.3 is 10.4 Å². The first kappa shape index (κ1) is 16.1. The van der Waals surface area contributed by atoms with Crippen LogP contribution in [0, 0.1) is 24.7 Å². The van der Waals surface area contributed by atoms with Crippen LogP contribution in [0.2, 0.25) is 0 Å². The van der Waals surface area contributed by atoms with E-state index in [4.69, 9.17) is 5.11 Å². The summed E-state index contributed by atoms with van der Waals surface area (Å²) in [6.07, 6.45) is 7.78. The lowest BCUT2D eigenvalue weighted by molar-refractivity contribution is 0.0954. The molecule has 2 rings (SSSR count). The number of thiophene rings is 1. The number of nitrogens with one attached hydrogen (secondary N) is 1. The zero-order valence-electron chi connectivity index (χ0n) is 12.6. The van der Waals surface area contributed by atoms with Crippen LogP contribution in [0.15, 0.2) is 6.07 Å². The van der Waals surface area contributed by atoms with Gasteiger partial charge in [0.15, 0.2) is 0 Å². The molecular weight excluding hydrogens is 282 g/mol. The van der Waals surface area contributed by atoms with Gasteiger partial charge in [-0.3, -0.25) is 4.79 Å². The molecule has 3 nitrogen and oxygen atoms in total. The first-order chi connectivity index (χ1) is 10.2. The van der Waals surface area contributed by atoms with Gasteiger partial charge in [-0.25, -0.2) is 0 Å². The van der Waals surface area contributed by atoms with Crippen molar-refractivity contribution in [3.8, 4) is 11.8 Å². The number of hydrogen-bond donors (Lipinski definition) is 2. The number of amides is 1. The summed E-state index contributed by atoms with van der Waals surface area (Å²) in [4.78, 5) is 13.7. The molecule has 1 aliphatic rings. The Morgan fingerprint density at radius 2 is 2.19 bits per heavy atom. The Hall–Kier alpha value is -1.31. The van der Waals surface area contributed by atoms with Crippen LogP contribution in [0.25, 0.3) is 0 Å². The van der Waals surface area contributed by atoms with Crippen molar-refractivity contribution in [3.05, 3.63) is 21.4 Å². The van der Waals surface area contributed by atoms with E-state index < -0.39 is 0 Å². The Balaban J connectivity index is 1.82. The normalized spacial score (nSPS) is 15.3. The van der Waals surface area contributed by atoms with Crippen molar-refractivity contribution >= 4 is 17.2 Å². The first-order valence-electron chi connectivity index (χ1n) is 7.69. The quantitative estimate of drug-likeness (QED) is 0.840. The van der Waals surface area contributed by atoms with Gasteiger partial charge in [-0.05, 0) is 30.9 Å². The number of carbonyl (C=O) groups excluding carboxylic acids is 1. The molecule has 1 aromatic heterocycles. The molecule has 1 aromatic rings. The summed E-state index contributed by atoms with van der Waals surface area (Å²) in [6, 6.07) is 1.88. The van der Waals surface area contributed by atoms with E-state index in [1.165, 1.54) is 43.4 Å². The van der Waals surface area contributed by atoms with Crippen LogP contribution in [-0.4, -0.2) is 24.2 Å². The standard InChI is InChI=1S/C17H23NO2S/c1-13-12-16(21-15(13)8-5-11-19)17(20)18-10-9-14-6-3-2-4-7-14/h12,14,19H,2-4,6-7,9-11H2,1H3,(H,18,20). The largest absolute Gasteiger partial charge is 0.384 e. The molecule has 0 atom stereocenters. The summed E-state index contributed by atoms with van der Waals surface area (Å²) in [7, 11) is 0. The summed E-state index contributed by atoms with van der Waals surface area (Å²) < 4.78 is 0. The van der Waals surface area contributed by atoms with Crippen molar-refractivity contribution in [1.29, 1.82) is 0 Å². The van der Waals surface area contributed by atoms with Crippen LogP contribution in [-0.2, 0) is 0 Å². The van der Waals surface area contributed by atoms with Crippen LogP contribution in [0.1, 0.15) is 58.6 Å². The average Bonchev–Trinajstić information content (AvgIpc) is 2.87. The predicted octanol–water partition coefficient (Wildman–Crippen LogP) is 3.10. The molecule has 0 radical (unpaired) electrons. The Labute approximate surface area is 130 Å². The predicted molar refractivity (Wildman–Crippen MR) is 86.5 cm³/mol. The number of rotatable bonds is 4. The van der Waals surface area contributed by atoms with Gasteiger partial charge >= 0.3 is 0 Å². The minimum atomic E-state index is -0.153. The van der Waals surface area contributed by atoms with Crippen LogP contribution in [0.5, 0.6) is 0 Å². The molecule has 1 fully saturated rings. The zero-order valence-corrected chi connectivity index (χ0v) is 13.4. The van der Waals surface area contributed by atoms with Gasteiger partial charge in [0.1, 0.15) is 6.61 Å². The molecule has 21 heavy (non-hydrogen) atoms. The number of hydrogen-bond acceptors (Lipinski definition) is 3. The Bertz CT molecular complexity index is 533. The lowest BCUT2D eigenvalue weighted by Gasteiger charge is -2.21. The summed E-state index contributed by atoms with van der Waals surface area (Å²) in [5.74, 6) is 6.30. The van der Waals surface area contributed by atoms with Gasteiger partial charge in [0, 0.05) is 6.54 Å². The first-order valence-corrected chi connectivity index (χ1v) is 8.50. The highest BCUT2D eigenvalue weighted by molar-refractivity contribution is 7.14. The van der Waals surface area contributed by atoms with Gasteiger partial charge in [-0.2, -0.15) is 0 Å². The van der Waals surface area contributed by atoms with Crippen molar-refractivity contribution in [1.82, 2.24) is 5.32 Å². The molecule has 0 aliphatic heterocycles. The molecule has 1 saturated carbocycles. The molecule has 0 aromatic carbocycles. The topological polar surface area (TPSA) is 49.3 Å². The number of aryl methyl sites for hydroxylation is 1. The third kappa shape index (κ3) is 4.87.